The number of nitrogens with two attached hydrogens (primary N) is 1. The van der Waals surface area contributed by atoms with Gasteiger partial charge in [-0.15, -0.1) is 24.0 Å². The number of alkyl carbamates (subject to hydrolysis) is 1. The number of hydrogen-bond acceptors (Lipinski definition) is 4. The van der Waals surface area contributed by atoms with E-state index in [0.717, 1.165) is 5.56 Å². The van der Waals surface area contributed by atoms with E-state index in [0.29, 0.717) is 11.4 Å². The quantitative estimate of drug-likeness (QED) is 0.305. The lowest BCUT2D eigenvalue weighted by atomic mass is 10.1. The van der Waals surface area contributed by atoms with Gasteiger partial charge in [-0.3, -0.25) is 4.99 Å². The van der Waals surface area contributed by atoms with Crippen molar-refractivity contribution < 1.29 is 14.3 Å². The zero-order valence-corrected chi connectivity index (χ0v) is 19.5. The number of methoxy groups -OCH3 is 1. The molecule has 2 aromatic rings. The Balaban J connectivity index is 0.00000420. The van der Waals surface area contributed by atoms with E-state index in [9.17, 15) is 4.79 Å². The molecule has 0 heterocycles. The predicted molar refractivity (Wildman–Crippen MR) is 127 cm³/mol. The molecule has 7 nitrogen and oxygen atoms in total. The number of benzene rings is 2. The minimum absolute atomic E-state index is 0. The molecule has 29 heavy (non-hydrogen) atoms. The number of halogens is 1. The third kappa shape index (κ3) is 8.59. The molecule has 2 aromatic carbocycles. The Morgan fingerprint density at radius 3 is 2.34 bits per heavy atom. The first kappa shape index (κ1) is 24.5. The van der Waals surface area contributed by atoms with Crippen LogP contribution in [-0.2, 0) is 4.74 Å². The minimum atomic E-state index is -0.584. The summed E-state index contributed by atoms with van der Waals surface area (Å²) in [6.07, 6.45) is -0.507. The van der Waals surface area contributed by atoms with E-state index in [1.165, 1.54) is 0 Å². The van der Waals surface area contributed by atoms with Crippen LogP contribution in [0.2, 0.25) is 0 Å². The molecular formula is C21H29IN4O3. The Labute approximate surface area is 189 Å². The van der Waals surface area contributed by atoms with Gasteiger partial charge in [0.05, 0.1) is 25.4 Å². The average Bonchev–Trinajstić information content (AvgIpc) is 2.65. The lowest BCUT2D eigenvalue weighted by Gasteiger charge is -2.23. The molecule has 158 valence electrons. The van der Waals surface area contributed by atoms with Gasteiger partial charge in [-0.05, 0) is 38.5 Å². The van der Waals surface area contributed by atoms with Crippen LogP contribution < -0.4 is 21.1 Å². The van der Waals surface area contributed by atoms with Crippen molar-refractivity contribution in [3.63, 3.8) is 0 Å². The molecule has 1 unspecified atom stereocenters. The molecule has 0 saturated carbocycles. The molecule has 0 radical (unpaired) electrons. The van der Waals surface area contributed by atoms with Crippen LogP contribution >= 0.6 is 24.0 Å². The molecule has 0 fully saturated rings. The fraction of sp³-hybridized carbons (Fsp3) is 0.333. The number of nitrogens with one attached hydrogen (secondary N) is 2. The third-order valence-electron chi connectivity index (χ3n) is 3.71. The van der Waals surface area contributed by atoms with Crippen molar-refractivity contribution in [1.29, 1.82) is 0 Å². The molecule has 0 aliphatic carbocycles. The van der Waals surface area contributed by atoms with Crippen LogP contribution in [0.3, 0.4) is 0 Å². The van der Waals surface area contributed by atoms with Crippen molar-refractivity contribution in [1.82, 2.24) is 5.32 Å². The minimum Gasteiger partial charge on any atom is -0.495 e. The second-order valence-corrected chi connectivity index (χ2v) is 7.16. The summed E-state index contributed by atoms with van der Waals surface area (Å²) in [5.41, 5.74) is 7.06. The summed E-state index contributed by atoms with van der Waals surface area (Å²) < 4.78 is 10.7. The number of para-hydroxylation sites is 2. The highest BCUT2D eigenvalue weighted by atomic mass is 127. The largest absolute Gasteiger partial charge is 0.495 e. The average molecular weight is 512 g/mol. The number of guanidine groups is 1. The lowest BCUT2D eigenvalue weighted by Crippen LogP contribution is -2.36. The molecular weight excluding hydrogens is 483 g/mol. The molecule has 8 heteroatoms. The van der Waals surface area contributed by atoms with Crippen LogP contribution in [0.15, 0.2) is 59.6 Å². The second-order valence-electron chi connectivity index (χ2n) is 7.16. The van der Waals surface area contributed by atoms with E-state index in [1.54, 1.807) is 7.11 Å². The highest BCUT2D eigenvalue weighted by molar-refractivity contribution is 14.0. The number of aliphatic imine (C=N–C) groups is 1. The first-order chi connectivity index (χ1) is 13.3. The number of carbonyl (C=O) groups is 1. The smallest absolute Gasteiger partial charge is 0.408 e. The molecule has 0 saturated heterocycles. The van der Waals surface area contributed by atoms with Crippen LogP contribution in [0.5, 0.6) is 5.75 Å². The first-order valence-electron chi connectivity index (χ1n) is 9.03. The Kier molecular flexibility index (Phi) is 9.73. The van der Waals surface area contributed by atoms with E-state index in [4.69, 9.17) is 15.2 Å². The SMILES string of the molecule is COc1ccccc1NC(N)=NCC(NC(=O)OC(C)(C)C)c1ccccc1.I. The fourth-order valence-electron chi connectivity index (χ4n) is 2.48. The lowest BCUT2D eigenvalue weighted by molar-refractivity contribution is 0.0505. The number of nitrogens with zero attached hydrogens (tertiary/aromatic N) is 1. The molecule has 1 atom stereocenters. The molecule has 0 aromatic heterocycles. The van der Waals surface area contributed by atoms with Gasteiger partial charge in [0.15, 0.2) is 5.96 Å². The van der Waals surface area contributed by atoms with Crippen LogP contribution in [0.25, 0.3) is 0 Å². The maximum absolute atomic E-state index is 12.2. The van der Waals surface area contributed by atoms with Crippen LogP contribution in [0, 0.1) is 0 Å². The zero-order valence-electron chi connectivity index (χ0n) is 17.1. The van der Waals surface area contributed by atoms with Crippen LogP contribution in [0.1, 0.15) is 32.4 Å². The van der Waals surface area contributed by atoms with Gasteiger partial charge in [0.25, 0.3) is 0 Å². The molecule has 0 aliphatic heterocycles. The van der Waals surface area contributed by atoms with Crippen molar-refractivity contribution in [2.45, 2.75) is 32.4 Å². The van der Waals surface area contributed by atoms with Gasteiger partial charge in [-0.25, -0.2) is 4.79 Å². The summed E-state index contributed by atoms with van der Waals surface area (Å²) in [6, 6.07) is 16.6. The van der Waals surface area contributed by atoms with Crippen molar-refractivity contribution in [2.75, 3.05) is 19.0 Å². The molecule has 0 spiro atoms. The summed E-state index contributed by atoms with van der Waals surface area (Å²) in [5, 5.41) is 5.87. The molecule has 0 bridgehead atoms. The number of carbonyl (C=O) groups excluding carboxylic acids is 1. The van der Waals surface area contributed by atoms with E-state index >= 15 is 0 Å². The van der Waals surface area contributed by atoms with Crippen LogP contribution in [-0.4, -0.2) is 31.3 Å². The number of hydrogen-bond donors (Lipinski definition) is 3. The third-order valence-corrected chi connectivity index (χ3v) is 3.71. The summed E-state index contributed by atoms with van der Waals surface area (Å²) in [7, 11) is 1.59. The van der Waals surface area contributed by atoms with E-state index in [1.807, 2.05) is 75.4 Å². The van der Waals surface area contributed by atoms with E-state index < -0.39 is 11.7 Å². The van der Waals surface area contributed by atoms with Gasteiger partial charge in [-0.2, -0.15) is 0 Å². The Morgan fingerprint density at radius 1 is 1.10 bits per heavy atom. The number of amides is 1. The Morgan fingerprint density at radius 2 is 1.72 bits per heavy atom. The normalized spacial score (nSPS) is 12.3. The molecule has 0 aliphatic rings. The maximum Gasteiger partial charge on any atom is 0.408 e. The van der Waals surface area contributed by atoms with Crippen LogP contribution in [0.4, 0.5) is 10.5 Å². The standard InChI is InChI=1S/C21H28N4O3.HI/c1-21(2,3)28-20(26)25-17(15-10-6-5-7-11-15)14-23-19(22)24-16-12-8-9-13-18(16)27-4;/h5-13,17H,14H2,1-4H3,(H,25,26)(H3,22,23,24);1H. The first-order valence-corrected chi connectivity index (χ1v) is 9.03. The summed E-state index contributed by atoms with van der Waals surface area (Å²) in [5.74, 6) is 0.878. The number of ether oxygens (including phenoxy) is 2. The fourth-order valence-corrected chi connectivity index (χ4v) is 2.48. The van der Waals surface area contributed by atoms with Gasteiger partial charge in [0, 0.05) is 0 Å². The Hall–Kier alpha value is -2.49. The molecule has 1 amide bonds. The monoisotopic (exact) mass is 512 g/mol. The van der Waals surface area contributed by atoms with Crippen molar-refractivity contribution in [2.24, 2.45) is 10.7 Å². The summed E-state index contributed by atoms with van der Waals surface area (Å²) in [6.45, 7) is 5.70. The summed E-state index contributed by atoms with van der Waals surface area (Å²) >= 11 is 0. The molecule has 2 rings (SSSR count). The molecule has 4 N–H and O–H groups in total. The van der Waals surface area contributed by atoms with Crippen molar-refractivity contribution >= 4 is 41.7 Å². The highest BCUT2D eigenvalue weighted by Gasteiger charge is 2.20. The van der Waals surface area contributed by atoms with Crippen molar-refractivity contribution in [3.8, 4) is 5.75 Å². The van der Waals surface area contributed by atoms with Crippen molar-refractivity contribution in [3.05, 3.63) is 60.2 Å². The number of rotatable bonds is 6. The van der Waals surface area contributed by atoms with Gasteiger partial charge >= 0.3 is 6.09 Å². The zero-order chi connectivity index (χ0) is 20.6. The van der Waals surface area contributed by atoms with E-state index in [-0.39, 0.29) is 42.5 Å². The van der Waals surface area contributed by atoms with Gasteiger partial charge in [0.2, 0.25) is 0 Å². The van der Waals surface area contributed by atoms with Gasteiger partial charge in [0.1, 0.15) is 11.4 Å². The number of anilines is 1. The predicted octanol–water partition coefficient (Wildman–Crippen LogP) is 4.31. The summed E-state index contributed by atoms with van der Waals surface area (Å²) in [4.78, 5) is 16.6. The van der Waals surface area contributed by atoms with Gasteiger partial charge in [-0.1, -0.05) is 42.5 Å². The van der Waals surface area contributed by atoms with E-state index in [2.05, 4.69) is 15.6 Å². The second kappa shape index (κ2) is 11.5. The topological polar surface area (TPSA) is 98.0 Å². The Bertz CT molecular complexity index is 807. The van der Waals surface area contributed by atoms with Gasteiger partial charge < -0.3 is 25.8 Å². The highest BCUT2D eigenvalue weighted by Crippen LogP contribution is 2.22. The maximum atomic E-state index is 12.2.